The first-order valence-electron chi connectivity index (χ1n) is 9.94. The van der Waals surface area contributed by atoms with E-state index in [1.54, 1.807) is 31.4 Å². The van der Waals surface area contributed by atoms with E-state index in [1.165, 1.54) is 38.4 Å². The number of anilines is 1. The Labute approximate surface area is 188 Å². The van der Waals surface area contributed by atoms with Gasteiger partial charge in [0.2, 0.25) is 0 Å². The van der Waals surface area contributed by atoms with Gasteiger partial charge >= 0.3 is 0 Å². The molecule has 3 rings (SSSR count). The zero-order chi connectivity index (χ0) is 23.1. The average Bonchev–Trinajstić information content (AvgIpc) is 2.83. The van der Waals surface area contributed by atoms with Crippen LogP contribution >= 0.6 is 0 Å². The normalized spacial score (nSPS) is 11.1. The Morgan fingerprint density at radius 3 is 2.16 bits per heavy atom. The summed E-state index contributed by atoms with van der Waals surface area (Å²) in [6.45, 7) is 0.900. The number of rotatable bonds is 9. The molecule has 0 bridgehead atoms. The Morgan fingerprint density at radius 1 is 0.906 bits per heavy atom. The van der Waals surface area contributed by atoms with Crippen LogP contribution in [0, 0.1) is 0 Å². The summed E-state index contributed by atoms with van der Waals surface area (Å²) < 4.78 is 37.6. The van der Waals surface area contributed by atoms with Gasteiger partial charge in [-0.3, -0.25) is 9.10 Å². The first-order valence-corrected chi connectivity index (χ1v) is 11.4. The maximum absolute atomic E-state index is 13.0. The van der Waals surface area contributed by atoms with Crippen LogP contribution in [0.25, 0.3) is 0 Å². The summed E-state index contributed by atoms with van der Waals surface area (Å²) in [7, 11) is 0.771. The van der Waals surface area contributed by atoms with Crippen molar-refractivity contribution < 1.29 is 22.7 Å². The summed E-state index contributed by atoms with van der Waals surface area (Å²) in [6.07, 6.45) is 0. The SMILES string of the molecule is COCc1ccc(CNC(=O)c2ccc(S(=O)(=O)N(C)c3ccccc3OC)cc2)cc1. The number of ether oxygens (including phenoxy) is 2. The molecule has 0 aliphatic rings. The summed E-state index contributed by atoms with van der Waals surface area (Å²) in [5, 5.41) is 2.84. The lowest BCUT2D eigenvalue weighted by atomic mass is 10.1. The molecular weight excluding hydrogens is 428 g/mol. The molecule has 0 aromatic heterocycles. The number of hydrogen-bond acceptors (Lipinski definition) is 5. The van der Waals surface area contributed by atoms with Crippen molar-refractivity contribution in [3.8, 4) is 5.75 Å². The summed E-state index contributed by atoms with van der Waals surface area (Å²) in [5.74, 6) is 0.165. The molecule has 7 nitrogen and oxygen atoms in total. The topological polar surface area (TPSA) is 84.9 Å². The van der Waals surface area contributed by atoms with Crippen LogP contribution in [0.3, 0.4) is 0 Å². The minimum Gasteiger partial charge on any atom is -0.495 e. The number of methoxy groups -OCH3 is 2. The highest BCUT2D eigenvalue weighted by Crippen LogP contribution is 2.30. The third-order valence-corrected chi connectivity index (χ3v) is 6.77. The van der Waals surface area contributed by atoms with Crippen LogP contribution in [0.4, 0.5) is 5.69 Å². The van der Waals surface area contributed by atoms with Crippen molar-refractivity contribution in [2.24, 2.45) is 0 Å². The van der Waals surface area contributed by atoms with Crippen LogP contribution in [-0.2, 0) is 27.9 Å². The molecule has 0 saturated carbocycles. The molecule has 168 valence electrons. The molecule has 0 fully saturated rings. The van der Waals surface area contributed by atoms with Crippen LogP contribution in [0.1, 0.15) is 21.5 Å². The molecule has 0 aliphatic heterocycles. The van der Waals surface area contributed by atoms with E-state index in [-0.39, 0.29) is 10.8 Å². The minimum atomic E-state index is -3.82. The molecule has 0 unspecified atom stereocenters. The Balaban J connectivity index is 1.68. The fourth-order valence-corrected chi connectivity index (χ4v) is 4.37. The van der Waals surface area contributed by atoms with E-state index in [0.717, 1.165) is 15.4 Å². The largest absolute Gasteiger partial charge is 0.495 e. The van der Waals surface area contributed by atoms with E-state index in [9.17, 15) is 13.2 Å². The van der Waals surface area contributed by atoms with Gasteiger partial charge in [0.25, 0.3) is 15.9 Å². The third-order valence-electron chi connectivity index (χ3n) is 4.99. The van der Waals surface area contributed by atoms with Crippen molar-refractivity contribution >= 4 is 21.6 Å². The van der Waals surface area contributed by atoms with Crippen molar-refractivity contribution in [2.75, 3.05) is 25.6 Å². The van der Waals surface area contributed by atoms with Crippen LogP contribution in [0.5, 0.6) is 5.75 Å². The van der Waals surface area contributed by atoms with E-state index in [0.29, 0.717) is 30.2 Å². The number of nitrogens with one attached hydrogen (secondary N) is 1. The van der Waals surface area contributed by atoms with Gasteiger partial charge in [-0.25, -0.2) is 8.42 Å². The van der Waals surface area contributed by atoms with Crippen LogP contribution in [-0.4, -0.2) is 35.6 Å². The van der Waals surface area contributed by atoms with Gasteiger partial charge in [0, 0.05) is 26.3 Å². The van der Waals surface area contributed by atoms with Gasteiger partial charge in [-0.1, -0.05) is 36.4 Å². The number of hydrogen-bond donors (Lipinski definition) is 1. The number of para-hydroxylation sites is 2. The fraction of sp³-hybridized carbons (Fsp3) is 0.208. The number of carbonyl (C=O) groups excluding carboxylic acids is 1. The van der Waals surface area contributed by atoms with Crippen LogP contribution in [0.2, 0.25) is 0 Å². The van der Waals surface area contributed by atoms with Crippen molar-refractivity contribution in [2.45, 2.75) is 18.0 Å². The molecule has 0 aliphatic carbocycles. The predicted molar refractivity (Wildman–Crippen MR) is 123 cm³/mol. The van der Waals surface area contributed by atoms with E-state index >= 15 is 0 Å². The van der Waals surface area contributed by atoms with Gasteiger partial charge in [-0.05, 0) is 47.5 Å². The lowest BCUT2D eigenvalue weighted by Crippen LogP contribution is -2.27. The minimum absolute atomic E-state index is 0.0798. The Bertz CT molecular complexity index is 1160. The van der Waals surface area contributed by atoms with Crippen LogP contribution < -0.4 is 14.4 Å². The average molecular weight is 455 g/mol. The monoisotopic (exact) mass is 454 g/mol. The standard InChI is InChI=1S/C24H26N2O5S/c1-26(22-6-4-5-7-23(22)31-3)32(28,29)21-14-12-20(13-15-21)24(27)25-16-18-8-10-19(11-9-18)17-30-2/h4-15H,16-17H2,1-3H3,(H,25,27). The molecule has 3 aromatic carbocycles. The lowest BCUT2D eigenvalue weighted by Gasteiger charge is -2.21. The summed E-state index contributed by atoms with van der Waals surface area (Å²) in [4.78, 5) is 12.6. The maximum atomic E-state index is 13.0. The lowest BCUT2D eigenvalue weighted by molar-refractivity contribution is 0.0951. The van der Waals surface area contributed by atoms with Gasteiger partial charge in [0.05, 0.1) is 24.3 Å². The Hall–Kier alpha value is -3.36. The molecule has 1 N–H and O–H groups in total. The highest BCUT2D eigenvalue weighted by atomic mass is 32.2. The molecule has 0 spiro atoms. The van der Waals surface area contributed by atoms with Gasteiger partial charge in [0.1, 0.15) is 5.75 Å². The fourth-order valence-electron chi connectivity index (χ4n) is 3.16. The van der Waals surface area contributed by atoms with Gasteiger partial charge in [0.15, 0.2) is 0 Å². The van der Waals surface area contributed by atoms with Crippen molar-refractivity contribution in [3.63, 3.8) is 0 Å². The van der Waals surface area contributed by atoms with Crippen LogP contribution in [0.15, 0.2) is 77.7 Å². The van der Waals surface area contributed by atoms with Gasteiger partial charge in [-0.2, -0.15) is 0 Å². The molecule has 0 saturated heterocycles. The molecule has 1 amide bonds. The second-order valence-corrected chi connectivity index (χ2v) is 9.07. The van der Waals surface area contributed by atoms with E-state index in [1.807, 2.05) is 24.3 Å². The van der Waals surface area contributed by atoms with Crippen molar-refractivity contribution in [3.05, 3.63) is 89.5 Å². The summed E-state index contributed by atoms with van der Waals surface area (Å²) in [5.41, 5.74) is 2.81. The number of carbonyl (C=O) groups is 1. The maximum Gasteiger partial charge on any atom is 0.264 e. The number of amides is 1. The van der Waals surface area contributed by atoms with E-state index < -0.39 is 10.0 Å². The zero-order valence-corrected chi connectivity index (χ0v) is 19.1. The smallest absolute Gasteiger partial charge is 0.264 e. The molecule has 32 heavy (non-hydrogen) atoms. The Kier molecular flexibility index (Phi) is 7.50. The highest BCUT2D eigenvalue weighted by molar-refractivity contribution is 7.92. The van der Waals surface area contributed by atoms with Gasteiger partial charge < -0.3 is 14.8 Å². The molecule has 3 aromatic rings. The van der Waals surface area contributed by atoms with E-state index in [2.05, 4.69) is 5.32 Å². The second-order valence-electron chi connectivity index (χ2n) is 7.10. The molecule has 0 atom stereocenters. The first-order chi connectivity index (χ1) is 15.4. The predicted octanol–water partition coefficient (Wildman–Crippen LogP) is 3.60. The van der Waals surface area contributed by atoms with Crippen molar-refractivity contribution in [1.82, 2.24) is 5.32 Å². The highest BCUT2D eigenvalue weighted by Gasteiger charge is 2.23. The molecule has 0 radical (unpaired) electrons. The Morgan fingerprint density at radius 2 is 1.53 bits per heavy atom. The quantitative estimate of drug-likeness (QED) is 0.534. The third kappa shape index (κ3) is 5.27. The first kappa shape index (κ1) is 23.3. The van der Waals surface area contributed by atoms with Crippen molar-refractivity contribution in [1.29, 1.82) is 0 Å². The van der Waals surface area contributed by atoms with Gasteiger partial charge in [-0.15, -0.1) is 0 Å². The zero-order valence-electron chi connectivity index (χ0n) is 18.2. The number of sulfonamides is 1. The number of nitrogens with zero attached hydrogens (tertiary/aromatic N) is 1. The molecular formula is C24H26N2O5S. The number of benzene rings is 3. The molecule has 0 heterocycles. The second kappa shape index (κ2) is 10.3. The molecule has 8 heteroatoms. The summed E-state index contributed by atoms with van der Waals surface area (Å²) in [6, 6.07) is 20.5. The summed E-state index contributed by atoms with van der Waals surface area (Å²) >= 11 is 0. The van der Waals surface area contributed by atoms with E-state index in [4.69, 9.17) is 9.47 Å².